The second-order valence-corrected chi connectivity index (χ2v) is 6.21. The maximum Gasteiger partial charge on any atom is 0.153 e. The van der Waals surface area contributed by atoms with Gasteiger partial charge in [0.15, 0.2) is 5.65 Å². The van der Waals surface area contributed by atoms with Gasteiger partial charge in [0.05, 0.1) is 17.6 Å². The van der Waals surface area contributed by atoms with Gasteiger partial charge in [-0.1, -0.05) is 6.42 Å². The number of H-pyrrole nitrogens is 1. The third kappa shape index (κ3) is 1.87. The maximum absolute atomic E-state index is 4.70. The van der Waals surface area contributed by atoms with Crippen LogP contribution in [0, 0.1) is 6.92 Å². The lowest BCUT2D eigenvalue weighted by Gasteiger charge is -2.23. The van der Waals surface area contributed by atoms with Crippen molar-refractivity contribution in [3.8, 4) is 11.3 Å². The Morgan fingerprint density at radius 2 is 2.09 bits per heavy atom. The van der Waals surface area contributed by atoms with Crippen LogP contribution in [0.1, 0.15) is 36.7 Å². The van der Waals surface area contributed by atoms with Crippen LogP contribution in [0.3, 0.4) is 0 Å². The van der Waals surface area contributed by atoms with E-state index in [2.05, 4.69) is 15.0 Å². The monoisotopic (exact) mass is 304 g/mol. The lowest BCUT2D eigenvalue weighted by atomic mass is 9.85. The molecule has 1 fully saturated rings. The molecule has 1 aliphatic carbocycles. The number of rotatable bonds is 2. The summed E-state index contributed by atoms with van der Waals surface area (Å²) >= 11 is 0. The predicted octanol–water partition coefficient (Wildman–Crippen LogP) is 3.24. The van der Waals surface area contributed by atoms with Crippen LogP contribution in [0.2, 0.25) is 0 Å². The van der Waals surface area contributed by atoms with Gasteiger partial charge in [-0.2, -0.15) is 5.10 Å². The summed E-state index contributed by atoms with van der Waals surface area (Å²) in [5.74, 6) is 1.50. The molecule has 0 bridgehead atoms. The Hall–Kier alpha value is -2.76. The van der Waals surface area contributed by atoms with Crippen LogP contribution in [-0.4, -0.2) is 29.5 Å². The largest absolute Gasteiger partial charge is 0.345 e. The third-order valence-corrected chi connectivity index (χ3v) is 4.73. The number of fused-ring (bicyclic) bond motifs is 2. The fourth-order valence-electron chi connectivity index (χ4n) is 3.13. The standard InChI is InChI=1S/C17H16N6/c1-10-7-18-15-6-5-14(22-23(10)15)12-8-20-17-13(12)9-19-16(21-17)11-3-2-4-11/h5-9,11H,2-4H2,1H3,(H,19,20,21). The van der Waals surface area contributed by atoms with Gasteiger partial charge in [0.2, 0.25) is 0 Å². The zero-order chi connectivity index (χ0) is 15.4. The minimum absolute atomic E-state index is 0.536. The quantitative estimate of drug-likeness (QED) is 0.617. The van der Waals surface area contributed by atoms with E-state index in [9.17, 15) is 0 Å². The highest BCUT2D eigenvalue weighted by Crippen LogP contribution is 2.35. The number of aryl methyl sites for hydroxylation is 1. The first-order valence-electron chi connectivity index (χ1n) is 7.95. The summed E-state index contributed by atoms with van der Waals surface area (Å²) in [5.41, 5.74) is 4.68. The second-order valence-electron chi connectivity index (χ2n) is 6.21. The van der Waals surface area contributed by atoms with Crippen molar-refractivity contribution in [1.82, 2.24) is 29.5 Å². The Morgan fingerprint density at radius 1 is 1.17 bits per heavy atom. The third-order valence-electron chi connectivity index (χ3n) is 4.73. The average Bonchev–Trinajstić information content (AvgIpc) is 3.09. The molecule has 4 aromatic heterocycles. The first-order valence-corrected chi connectivity index (χ1v) is 7.95. The molecular weight excluding hydrogens is 288 g/mol. The van der Waals surface area contributed by atoms with E-state index in [0.717, 1.165) is 39.5 Å². The normalized spacial score (nSPS) is 15.3. The Labute approximate surface area is 132 Å². The van der Waals surface area contributed by atoms with E-state index in [0.29, 0.717) is 5.92 Å². The molecule has 4 aromatic rings. The van der Waals surface area contributed by atoms with E-state index >= 15 is 0 Å². The van der Waals surface area contributed by atoms with Crippen LogP contribution < -0.4 is 0 Å². The van der Waals surface area contributed by atoms with Crippen LogP contribution >= 0.6 is 0 Å². The number of nitrogens with zero attached hydrogens (tertiary/aromatic N) is 5. The van der Waals surface area contributed by atoms with Gasteiger partial charge < -0.3 is 4.98 Å². The Bertz CT molecular complexity index is 1020. The zero-order valence-corrected chi connectivity index (χ0v) is 12.8. The lowest BCUT2D eigenvalue weighted by molar-refractivity contribution is 0.402. The average molecular weight is 304 g/mol. The predicted molar refractivity (Wildman–Crippen MR) is 87.2 cm³/mol. The van der Waals surface area contributed by atoms with Crippen LogP contribution in [-0.2, 0) is 0 Å². The minimum atomic E-state index is 0.536. The van der Waals surface area contributed by atoms with Crippen molar-refractivity contribution in [2.24, 2.45) is 0 Å². The van der Waals surface area contributed by atoms with E-state index in [1.165, 1.54) is 19.3 Å². The van der Waals surface area contributed by atoms with Crippen LogP contribution in [0.25, 0.3) is 27.9 Å². The fourth-order valence-corrected chi connectivity index (χ4v) is 3.13. The molecule has 0 aliphatic heterocycles. The van der Waals surface area contributed by atoms with Gasteiger partial charge in [-0.15, -0.1) is 0 Å². The molecule has 4 heterocycles. The summed E-state index contributed by atoms with van der Waals surface area (Å²) < 4.78 is 1.86. The van der Waals surface area contributed by atoms with E-state index in [-0.39, 0.29) is 0 Å². The molecule has 6 nitrogen and oxygen atoms in total. The van der Waals surface area contributed by atoms with Crippen LogP contribution in [0.5, 0.6) is 0 Å². The van der Waals surface area contributed by atoms with Gasteiger partial charge in [-0.05, 0) is 31.9 Å². The molecule has 5 rings (SSSR count). The molecule has 23 heavy (non-hydrogen) atoms. The van der Waals surface area contributed by atoms with E-state index in [1.54, 1.807) is 0 Å². The molecule has 0 saturated heterocycles. The Morgan fingerprint density at radius 3 is 2.91 bits per heavy atom. The fraction of sp³-hybridized carbons (Fsp3) is 0.294. The number of nitrogens with one attached hydrogen (secondary N) is 1. The molecule has 1 saturated carbocycles. The highest BCUT2D eigenvalue weighted by atomic mass is 15.3. The van der Waals surface area contributed by atoms with Crippen molar-refractivity contribution < 1.29 is 0 Å². The van der Waals surface area contributed by atoms with Gasteiger partial charge in [0.25, 0.3) is 0 Å². The first-order chi connectivity index (χ1) is 11.3. The number of imidazole rings is 1. The van der Waals surface area contributed by atoms with E-state index in [1.807, 2.05) is 42.2 Å². The SMILES string of the molecule is Cc1cnc2ccc(-c3c[nH]c4nc(C5CCC5)ncc34)nn12. The smallest absolute Gasteiger partial charge is 0.153 e. The molecule has 0 atom stereocenters. The molecule has 0 amide bonds. The van der Waals surface area contributed by atoms with Gasteiger partial charge in [0, 0.05) is 29.3 Å². The van der Waals surface area contributed by atoms with Gasteiger partial charge in [0.1, 0.15) is 11.5 Å². The van der Waals surface area contributed by atoms with Crippen molar-refractivity contribution in [2.45, 2.75) is 32.1 Å². The van der Waals surface area contributed by atoms with Gasteiger partial charge >= 0.3 is 0 Å². The number of hydrogen-bond donors (Lipinski definition) is 1. The van der Waals surface area contributed by atoms with Crippen molar-refractivity contribution >= 4 is 16.7 Å². The molecule has 1 N–H and O–H groups in total. The molecule has 0 radical (unpaired) electrons. The van der Waals surface area contributed by atoms with Crippen molar-refractivity contribution in [1.29, 1.82) is 0 Å². The molecule has 0 spiro atoms. The summed E-state index contributed by atoms with van der Waals surface area (Å²) in [6.07, 6.45) is 9.42. The summed E-state index contributed by atoms with van der Waals surface area (Å²) in [6.45, 7) is 2.00. The molecule has 0 aromatic carbocycles. The lowest BCUT2D eigenvalue weighted by Crippen LogP contribution is -2.12. The second kappa shape index (κ2) is 4.62. The summed E-state index contributed by atoms with van der Waals surface area (Å²) in [4.78, 5) is 16.9. The highest BCUT2D eigenvalue weighted by molar-refractivity contribution is 5.91. The summed E-state index contributed by atoms with van der Waals surface area (Å²) in [7, 11) is 0. The zero-order valence-electron chi connectivity index (χ0n) is 12.8. The van der Waals surface area contributed by atoms with Gasteiger partial charge in [-0.25, -0.2) is 19.5 Å². The molecule has 0 unspecified atom stereocenters. The van der Waals surface area contributed by atoms with E-state index in [4.69, 9.17) is 10.1 Å². The van der Waals surface area contributed by atoms with E-state index < -0.39 is 0 Å². The van der Waals surface area contributed by atoms with Crippen LogP contribution in [0.15, 0.2) is 30.7 Å². The molecule has 6 heteroatoms. The topological polar surface area (TPSA) is 71.8 Å². The molecule has 114 valence electrons. The van der Waals surface area contributed by atoms with Crippen molar-refractivity contribution in [3.05, 3.63) is 42.2 Å². The minimum Gasteiger partial charge on any atom is -0.345 e. The molecular formula is C17H16N6. The number of aromatic amines is 1. The van der Waals surface area contributed by atoms with Crippen molar-refractivity contribution in [2.75, 3.05) is 0 Å². The van der Waals surface area contributed by atoms with Crippen molar-refractivity contribution in [3.63, 3.8) is 0 Å². The Kier molecular flexibility index (Phi) is 2.56. The number of aromatic nitrogens is 6. The van der Waals surface area contributed by atoms with Crippen LogP contribution in [0.4, 0.5) is 0 Å². The molecule has 1 aliphatic rings. The maximum atomic E-state index is 4.70. The number of hydrogen-bond acceptors (Lipinski definition) is 4. The van der Waals surface area contributed by atoms with Gasteiger partial charge in [-0.3, -0.25) is 0 Å². The summed E-state index contributed by atoms with van der Waals surface area (Å²) in [6, 6.07) is 3.97. The summed E-state index contributed by atoms with van der Waals surface area (Å²) in [5, 5.41) is 5.70. The Balaban J connectivity index is 1.64. The highest BCUT2D eigenvalue weighted by Gasteiger charge is 2.23. The first kappa shape index (κ1) is 12.8.